The second kappa shape index (κ2) is 5.13. The fourth-order valence-corrected chi connectivity index (χ4v) is 1.75. The van der Waals surface area contributed by atoms with Crippen LogP contribution in [0.3, 0.4) is 0 Å². The van der Waals surface area contributed by atoms with E-state index in [1.54, 1.807) is 23.5 Å². The molecule has 0 saturated carbocycles. The summed E-state index contributed by atoms with van der Waals surface area (Å²) in [5.41, 5.74) is 0.690. The Hall–Kier alpha value is -1.69. The molecule has 1 aromatic carbocycles. The highest BCUT2D eigenvalue weighted by Crippen LogP contribution is 2.29. The van der Waals surface area contributed by atoms with Crippen molar-refractivity contribution in [2.45, 2.75) is 6.18 Å². The zero-order valence-corrected chi connectivity index (χ0v) is 10.3. The van der Waals surface area contributed by atoms with Crippen molar-refractivity contribution in [1.82, 2.24) is 5.32 Å². The van der Waals surface area contributed by atoms with Crippen LogP contribution in [0.2, 0.25) is 5.02 Å². The van der Waals surface area contributed by atoms with Gasteiger partial charge in [0.2, 0.25) is 0 Å². The molecule has 0 radical (unpaired) electrons. The first-order valence-corrected chi connectivity index (χ1v) is 5.71. The molecule has 0 atom stereocenters. The summed E-state index contributed by atoms with van der Waals surface area (Å²) in [4.78, 5) is 11.5. The summed E-state index contributed by atoms with van der Waals surface area (Å²) in [6.07, 6.45) is -2.97. The molecular formula is C12H9ClF3NO2. The van der Waals surface area contributed by atoms with Gasteiger partial charge in [0, 0.05) is 10.6 Å². The van der Waals surface area contributed by atoms with Crippen LogP contribution in [0.1, 0.15) is 5.56 Å². The zero-order chi connectivity index (χ0) is 14.0. The summed E-state index contributed by atoms with van der Waals surface area (Å²) >= 11 is 5.79. The van der Waals surface area contributed by atoms with Crippen LogP contribution in [0.4, 0.5) is 13.2 Å². The van der Waals surface area contributed by atoms with Crippen LogP contribution in [0, 0.1) is 0 Å². The molecule has 0 aromatic heterocycles. The minimum absolute atomic E-state index is 0.0711. The van der Waals surface area contributed by atoms with Crippen molar-refractivity contribution in [3.05, 3.63) is 34.4 Å². The predicted octanol–water partition coefficient (Wildman–Crippen LogP) is 2.79. The molecule has 0 spiro atoms. The Balaban J connectivity index is 2.12. The molecule has 0 fully saturated rings. The van der Waals surface area contributed by atoms with Gasteiger partial charge in [0.25, 0.3) is 5.91 Å². The summed E-state index contributed by atoms with van der Waals surface area (Å²) < 4.78 is 41.3. The number of carbonyl (C=O) groups is 1. The number of rotatable bonds is 2. The Morgan fingerprint density at radius 2 is 2.16 bits per heavy atom. The lowest BCUT2D eigenvalue weighted by Crippen LogP contribution is -2.36. The van der Waals surface area contributed by atoms with Crippen molar-refractivity contribution in [2.75, 3.05) is 13.2 Å². The van der Waals surface area contributed by atoms with Crippen LogP contribution < -0.4 is 10.1 Å². The van der Waals surface area contributed by atoms with Crippen LogP contribution in [-0.2, 0) is 4.79 Å². The Morgan fingerprint density at radius 1 is 1.42 bits per heavy atom. The standard InChI is InChI=1S/C12H9ClF3NO2/c13-9-1-2-10-7(4-9)3-8(5-19-10)11(18)17-6-12(14,15)16/h1-4H,5-6H2,(H,17,18). The quantitative estimate of drug-likeness (QED) is 0.910. The van der Waals surface area contributed by atoms with E-state index in [1.807, 2.05) is 0 Å². The van der Waals surface area contributed by atoms with Crippen LogP contribution in [-0.4, -0.2) is 25.2 Å². The zero-order valence-electron chi connectivity index (χ0n) is 9.55. The minimum atomic E-state index is -4.44. The van der Waals surface area contributed by atoms with Gasteiger partial charge >= 0.3 is 6.18 Å². The Bertz CT molecular complexity index is 540. The third kappa shape index (κ3) is 3.64. The summed E-state index contributed by atoms with van der Waals surface area (Å²) in [5.74, 6) is -0.264. The second-order valence-corrected chi connectivity index (χ2v) is 4.37. The van der Waals surface area contributed by atoms with Gasteiger partial charge < -0.3 is 10.1 Å². The maximum Gasteiger partial charge on any atom is 0.405 e. The number of hydrogen-bond acceptors (Lipinski definition) is 2. The molecule has 0 aliphatic carbocycles. The van der Waals surface area contributed by atoms with E-state index in [0.717, 1.165) is 0 Å². The minimum Gasteiger partial charge on any atom is -0.488 e. The number of ether oxygens (including phenoxy) is 1. The first-order valence-electron chi connectivity index (χ1n) is 5.33. The monoisotopic (exact) mass is 291 g/mol. The Labute approximate surface area is 112 Å². The van der Waals surface area contributed by atoms with Gasteiger partial charge in [-0.1, -0.05) is 11.6 Å². The van der Waals surface area contributed by atoms with Gasteiger partial charge in [-0.2, -0.15) is 13.2 Å². The molecule has 3 nitrogen and oxygen atoms in total. The van der Waals surface area contributed by atoms with Crippen LogP contribution in [0.15, 0.2) is 23.8 Å². The van der Waals surface area contributed by atoms with Crippen molar-refractivity contribution in [3.63, 3.8) is 0 Å². The van der Waals surface area contributed by atoms with E-state index in [9.17, 15) is 18.0 Å². The van der Waals surface area contributed by atoms with E-state index < -0.39 is 18.6 Å². The van der Waals surface area contributed by atoms with Crippen LogP contribution in [0.25, 0.3) is 6.08 Å². The van der Waals surface area contributed by atoms with Crippen molar-refractivity contribution in [1.29, 1.82) is 0 Å². The molecule has 0 saturated heterocycles. The largest absolute Gasteiger partial charge is 0.488 e. The average Bonchev–Trinajstić information content (AvgIpc) is 2.34. The van der Waals surface area contributed by atoms with Crippen LogP contribution >= 0.6 is 11.6 Å². The Morgan fingerprint density at radius 3 is 2.84 bits per heavy atom. The van der Waals surface area contributed by atoms with Crippen molar-refractivity contribution in [3.8, 4) is 5.75 Å². The molecule has 19 heavy (non-hydrogen) atoms. The highest BCUT2D eigenvalue weighted by atomic mass is 35.5. The van der Waals surface area contributed by atoms with E-state index >= 15 is 0 Å². The third-order valence-corrected chi connectivity index (χ3v) is 2.66. The summed E-state index contributed by atoms with van der Waals surface area (Å²) in [6, 6.07) is 4.84. The molecule has 1 aliphatic heterocycles. The van der Waals surface area contributed by atoms with Gasteiger partial charge in [0.05, 0.1) is 5.57 Å². The van der Waals surface area contributed by atoms with E-state index in [0.29, 0.717) is 16.3 Å². The Kier molecular flexibility index (Phi) is 3.71. The first kappa shape index (κ1) is 13.7. The molecule has 1 N–H and O–H groups in total. The summed E-state index contributed by atoms with van der Waals surface area (Å²) in [5, 5.41) is 2.25. The summed E-state index contributed by atoms with van der Waals surface area (Å²) in [6.45, 7) is -1.44. The highest BCUT2D eigenvalue weighted by Gasteiger charge is 2.28. The molecular weight excluding hydrogens is 283 g/mol. The first-order chi connectivity index (χ1) is 8.85. The van der Waals surface area contributed by atoms with Crippen molar-refractivity contribution in [2.24, 2.45) is 0 Å². The normalized spacial score (nSPS) is 14.2. The fraction of sp³-hybridized carbons (Fsp3) is 0.250. The maximum atomic E-state index is 12.0. The number of fused-ring (bicyclic) bond motifs is 1. The molecule has 0 bridgehead atoms. The van der Waals surface area contributed by atoms with Crippen molar-refractivity contribution < 1.29 is 22.7 Å². The number of halogens is 4. The molecule has 1 aliphatic rings. The van der Waals surface area contributed by atoms with Gasteiger partial charge in [-0.25, -0.2) is 0 Å². The summed E-state index contributed by atoms with van der Waals surface area (Å²) in [7, 11) is 0. The third-order valence-electron chi connectivity index (χ3n) is 2.43. The highest BCUT2D eigenvalue weighted by molar-refractivity contribution is 6.30. The maximum absolute atomic E-state index is 12.0. The molecule has 1 aromatic rings. The molecule has 2 rings (SSSR count). The molecule has 1 heterocycles. The lowest BCUT2D eigenvalue weighted by atomic mass is 10.1. The van der Waals surface area contributed by atoms with Crippen molar-refractivity contribution >= 4 is 23.6 Å². The fourth-order valence-electron chi connectivity index (χ4n) is 1.57. The lowest BCUT2D eigenvalue weighted by Gasteiger charge is -2.18. The number of carbonyl (C=O) groups excluding carboxylic acids is 1. The van der Waals surface area contributed by atoms with E-state index in [1.165, 1.54) is 6.08 Å². The van der Waals surface area contributed by atoms with Gasteiger partial charge in [-0.05, 0) is 24.3 Å². The molecule has 7 heteroatoms. The number of hydrogen-bond donors (Lipinski definition) is 1. The van der Waals surface area contributed by atoms with Gasteiger partial charge in [-0.3, -0.25) is 4.79 Å². The lowest BCUT2D eigenvalue weighted by molar-refractivity contribution is -0.136. The molecule has 1 amide bonds. The smallest absolute Gasteiger partial charge is 0.405 e. The number of amides is 1. The van der Waals surface area contributed by atoms with E-state index in [-0.39, 0.29) is 12.2 Å². The number of benzene rings is 1. The van der Waals surface area contributed by atoms with Crippen LogP contribution in [0.5, 0.6) is 5.75 Å². The number of alkyl halides is 3. The van der Waals surface area contributed by atoms with Gasteiger partial charge in [0.1, 0.15) is 18.9 Å². The average molecular weight is 292 g/mol. The predicted molar refractivity (Wildman–Crippen MR) is 64.0 cm³/mol. The van der Waals surface area contributed by atoms with E-state index in [4.69, 9.17) is 16.3 Å². The number of nitrogens with one attached hydrogen (secondary N) is 1. The van der Waals surface area contributed by atoms with Gasteiger partial charge in [-0.15, -0.1) is 0 Å². The SMILES string of the molecule is O=C(NCC(F)(F)F)C1=Cc2cc(Cl)ccc2OC1. The molecule has 0 unspecified atom stereocenters. The second-order valence-electron chi connectivity index (χ2n) is 3.94. The molecule has 102 valence electrons. The van der Waals surface area contributed by atoms with Gasteiger partial charge in [0.15, 0.2) is 0 Å². The topological polar surface area (TPSA) is 38.3 Å². The van der Waals surface area contributed by atoms with E-state index in [2.05, 4.69) is 0 Å².